The summed E-state index contributed by atoms with van der Waals surface area (Å²) in [5.41, 5.74) is -0.360. The average Bonchev–Trinajstić information content (AvgIpc) is 2.14. The highest BCUT2D eigenvalue weighted by atomic mass is 31.2. The van der Waals surface area contributed by atoms with E-state index in [0.29, 0.717) is 13.2 Å². The Hall–Kier alpha value is -0.580. The lowest BCUT2D eigenvalue weighted by molar-refractivity contribution is 0.140. The zero-order valence-electron chi connectivity index (χ0n) is 11.8. The number of amides is 1. The van der Waals surface area contributed by atoms with Crippen LogP contribution in [0.25, 0.3) is 0 Å². The number of carbonyl (C=O) groups is 1. The minimum atomic E-state index is -3.13. The third-order valence-electron chi connectivity index (χ3n) is 1.73. The Morgan fingerprint density at radius 2 is 1.67 bits per heavy atom. The van der Waals surface area contributed by atoms with E-state index in [2.05, 4.69) is 5.32 Å². The minimum Gasteiger partial charge on any atom is -0.449 e. The number of alkyl carbamates (subject to hydrolysis) is 1. The molecule has 0 spiro atoms. The topological polar surface area (TPSA) is 73.9 Å². The van der Waals surface area contributed by atoms with Crippen molar-refractivity contribution in [3.8, 4) is 0 Å². The third kappa shape index (κ3) is 8.50. The molecule has 6 nitrogen and oxygen atoms in total. The number of hydrogen-bond donors (Lipinski definition) is 1. The molecule has 7 heteroatoms. The largest absolute Gasteiger partial charge is 0.449 e. The van der Waals surface area contributed by atoms with Crippen molar-refractivity contribution in [1.82, 2.24) is 5.32 Å². The fraction of sp³-hybridized carbons (Fsp3) is 0.909. The molecule has 0 unspecified atom stereocenters. The molecule has 0 heterocycles. The number of carbonyl (C=O) groups excluding carboxylic acids is 1. The Morgan fingerprint density at radius 1 is 1.17 bits per heavy atom. The van der Waals surface area contributed by atoms with Crippen molar-refractivity contribution in [2.45, 2.75) is 40.2 Å². The van der Waals surface area contributed by atoms with Crippen LogP contribution in [0.5, 0.6) is 0 Å². The molecule has 0 aliphatic carbocycles. The fourth-order valence-corrected chi connectivity index (χ4v) is 2.59. The molecule has 0 fully saturated rings. The molecule has 0 aromatic rings. The Bertz CT molecular complexity index is 290. The van der Waals surface area contributed by atoms with Crippen molar-refractivity contribution in [3.63, 3.8) is 0 Å². The second-order valence-corrected chi connectivity index (χ2v) is 6.87. The van der Waals surface area contributed by atoms with Gasteiger partial charge in [-0.1, -0.05) is 0 Å². The summed E-state index contributed by atoms with van der Waals surface area (Å²) in [6.45, 7) is 9.60. The second kappa shape index (κ2) is 7.77. The predicted molar refractivity (Wildman–Crippen MR) is 70.0 cm³/mol. The van der Waals surface area contributed by atoms with E-state index in [0.717, 1.165) is 0 Å². The van der Waals surface area contributed by atoms with Crippen molar-refractivity contribution in [3.05, 3.63) is 0 Å². The van der Waals surface area contributed by atoms with Crippen LogP contribution in [-0.2, 0) is 18.3 Å². The summed E-state index contributed by atoms with van der Waals surface area (Å²) in [5, 5.41) is 2.64. The normalized spacial score (nSPS) is 12.3. The van der Waals surface area contributed by atoms with Crippen molar-refractivity contribution in [2.75, 3.05) is 26.0 Å². The maximum atomic E-state index is 12.0. The summed E-state index contributed by atoms with van der Waals surface area (Å²) in [6, 6.07) is 0. The zero-order chi connectivity index (χ0) is 14.2. The van der Waals surface area contributed by atoms with Crippen LogP contribution in [0.1, 0.15) is 34.6 Å². The average molecular weight is 281 g/mol. The van der Waals surface area contributed by atoms with Gasteiger partial charge in [0.25, 0.3) is 0 Å². The quantitative estimate of drug-likeness (QED) is 0.726. The van der Waals surface area contributed by atoms with E-state index >= 15 is 0 Å². The maximum Gasteiger partial charge on any atom is 0.407 e. The fourth-order valence-electron chi connectivity index (χ4n) is 1.15. The van der Waals surface area contributed by atoms with Gasteiger partial charge in [-0.25, -0.2) is 4.79 Å². The summed E-state index contributed by atoms with van der Waals surface area (Å²) in [5.74, 6) is 0. The van der Waals surface area contributed by atoms with Gasteiger partial charge in [-0.3, -0.25) is 4.57 Å². The highest BCUT2D eigenvalue weighted by Gasteiger charge is 2.24. The first-order valence-electron chi connectivity index (χ1n) is 6.05. The molecular weight excluding hydrogens is 257 g/mol. The van der Waals surface area contributed by atoms with Crippen LogP contribution in [0.3, 0.4) is 0 Å². The molecule has 0 aromatic carbocycles. The van der Waals surface area contributed by atoms with Gasteiger partial charge < -0.3 is 19.1 Å². The van der Waals surface area contributed by atoms with Gasteiger partial charge in [-0.15, -0.1) is 0 Å². The number of rotatable bonds is 7. The van der Waals surface area contributed by atoms with Crippen LogP contribution >= 0.6 is 7.60 Å². The van der Waals surface area contributed by atoms with E-state index in [1.807, 2.05) is 20.8 Å². The van der Waals surface area contributed by atoms with E-state index in [1.165, 1.54) is 0 Å². The molecule has 18 heavy (non-hydrogen) atoms. The van der Waals surface area contributed by atoms with Gasteiger partial charge >= 0.3 is 13.7 Å². The summed E-state index contributed by atoms with van der Waals surface area (Å²) < 4.78 is 27.1. The maximum absolute atomic E-state index is 12.0. The Kier molecular flexibility index (Phi) is 7.52. The first kappa shape index (κ1) is 17.4. The Balaban J connectivity index is 4.07. The highest BCUT2D eigenvalue weighted by molar-refractivity contribution is 7.53. The van der Waals surface area contributed by atoms with Crippen LogP contribution in [-0.4, -0.2) is 37.6 Å². The molecule has 0 rings (SSSR count). The molecular formula is C11H24NO5P. The lowest BCUT2D eigenvalue weighted by Crippen LogP contribution is -2.41. The molecule has 0 radical (unpaired) electrons. The summed E-state index contributed by atoms with van der Waals surface area (Å²) in [7, 11) is -3.13. The highest BCUT2D eigenvalue weighted by Crippen LogP contribution is 2.47. The van der Waals surface area contributed by atoms with Crippen LogP contribution in [0.4, 0.5) is 4.79 Å². The molecule has 0 bridgehead atoms. The van der Waals surface area contributed by atoms with Crippen molar-refractivity contribution in [1.29, 1.82) is 0 Å². The number of hydrogen-bond acceptors (Lipinski definition) is 5. The standard InChI is InChI=1S/C11H24NO5P/c1-6-16-18(14,17-7-2)9-8-15-10(13)12-11(3,4)5/h6-9H2,1-5H3,(H,12,13). The molecule has 0 aliphatic rings. The molecule has 108 valence electrons. The predicted octanol–water partition coefficient (Wildman–Crippen LogP) is 2.78. The van der Waals surface area contributed by atoms with E-state index in [9.17, 15) is 9.36 Å². The van der Waals surface area contributed by atoms with E-state index in [1.54, 1.807) is 13.8 Å². The van der Waals surface area contributed by atoms with Gasteiger partial charge in [0.15, 0.2) is 0 Å². The van der Waals surface area contributed by atoms with Gasteiger partial charge in [-0.2, -0.15) is 0 Å². The molecule has 0 saturated heterocycles. The first-order valence-corrected chi connectivity index (χ1v) is 7.78. The molecule has 0 saturated carbocycles. The van der Waals surface area contributed by atoms with E-state index in [-0.39, 0.29) is 18.3 Å². The minimum absolute atomic E-state index is 0.000802. The van der Waals surface area contributed by atoms with Gasteiger partial charge in [0.05, 0.1) is 19.4 Å². The zero-order valence-corrected chi connectivity index (χ0v) is 12.7. The van der Waals surface area contributed by atoms with Crippen LogP contribution in [0.2, 0.25) is 0 Å². The molecule has 1 amide bonds. The van der Waals surface area contributed by atoms with Crippen LogP contribution in [0.15, 0.2) is 0 Å². The lowest BCUT2D eigenvalue weighted by atomic mass is 10.1. The third-order valence-corrected chi connectivity index (χ3v) is 3.76. The van der Waals surface area contributed by atoms with Gasteiger partial charge in [0.2, 0.25) is 0 Å². The smallest absolute Gasteiger partial charge is 0.407 e. The second-order valence-electron chi connectivity index (χ2n) is 4.68. The van der Waals surface area contributed by atoms with Gasteiger partial charge in [-0.05, 0) is 34.6 Å². The molecule has 0 aliphatic heterocycles. The molecule has 0 aromatic heterocycles. The summed E-state index contributed by atoms with van der Waals surface area (Å²) in [4.78, 5) is 11.4. The molecule has 1 N–H and O–H groups in total. The number of nitrogens with one attached hydrogen (secondary N) is 1. The van der Waals surface area contributed by atoms with Gasteiger partial charge in [0, 0.05) is 5.54 Å². The Labute approximate surface area is 109 Å². The summed E-state index contributed by atoms with van der Waals surface area (Å²) >= 11 is 0. The SMILES string of the molecule is CCOP(=O)(CCOC(=O)NC(C)(C)C)OCC. The first-order chi connectivity index (χ1) is 8.22. The van der Waals surface area contributed by atoms with Crippen molar-refractivity contribution in [2.24, 2.45) is 0 Å². The van der Waals surface area contributed by atoms with E-state index in [4.69, 9.17) is 13.8 Å². The van der Waals surface area contributed by atoms with Crippen molar-refractivity contribution >= 4 is 13.7 Å². The van der Waals surface area contributed by atoms with Crippen molar-refractivity contribution < 1.29 is 23.1 Å². The Morgan fingerprint density at radius 3 is 2.06 bits per heavy atom. The number of ether oxygens (including phenoxy) is 1. The molecule has 0 atom stereocenters. The van der Waals surface area contributed by atoms with Crippen LogP contribution < -0.4 is 5.32 Å². The van der Waals surface area contributed by atoms with E-state index < -0.39 is 13.7 Å². The van der Waals surface area contributed by atoms with Crippen LogP contribution in [0, 0.1) is 0 Å². The lowest BCUT2D eigenvalue weighted by Gasteiger charge is -2.21. The summed E-state index contributed by atoms with van der Waals surface area (Å²) in [6.07, 6.45) is -0.478. The van der Waals surface area contributed by atoms with Gasteiger partial charge in [0.1, 0.15) is 6.61 Å². The monoisotopic (exact) mass is 281 g/mol.